The Balaban J connectivity index is 1.35. The van der Waals surface area contributed by atoms with Crippen molar-refractivity contribution in [3.8, 4) is 17.2 Å². The smallest absolute Gasteiger partial charge is 0.295 e. The lowest BCUT2D eigenvalue weighted by atomic mass is 9.96. The number of hydrogen-bond donors (Lipinski definition) is 0. The molecule has 220 valence electrons. The van der Waals surface area contributed by atoms with Gasteiger partial charge in [0.15, 0.2) is 11.5 Å². The fraction of sp³-hybridized carbons (Fsp3) is 0.382. The molecule has 5 rings (SSSR count). The maximum absolute atomic E-state index is 14.0. The molecular formula is C34H38N2O6. The third kappa shape index (κ3) is 5.98. The van der Waals surface area contributed by atoms with Crippen LogP contribution in [0.5, 0.6) is 17.2 Å². The number of rotatable bonds is 12. The Kier molecular flexibility index (Phi) is 9.10. The highest BCUT2D eigenvalue weighted by atomic mass is 16.5. The van der Waals surface area contributed by atoms with E-state index in [2.05, 4.69) is 24.3 Å². The first-order valence-electron chi connectivity index (χ1n) is 14.5. The van der Waals surface area contributed by atoms with Crippen molar-refractivity contribution in [2.75, 3.05) is 27.9 Å². The van der Waals surface area contributed by atoms with Crippen LogP contribution < -0.4 is 14.2 Å². The van der Waals surface area contributed by atoms with Gasteiger partial charge in [0.1, 0.15) is 6.04 Å². The molecule has 2 fully saturated rings. The number of Topliss-reactive ketones (excluding diaryl/α,β-unsaturated/α-hetero) is 1. The molecule has 2 heterocycles. The summed E-state index contributed by atoms with van der Waals surface area (Å²) in [6, 6.07) is 22.8. The van der Waals surface area contributed by atoms with Gasteiger partial charge in [-0.15, -0.1) is 0 Å². The number of benzene rings is 3. The fourth-order valence-corrected chi connectivity index (χ4v) is 6.31. The number of ether oxygens (including phenoxy) is 3. The first-order valence-corrected chi connectivity index (χ1v) is 14.5. The van der Waals surface area contributed by atoms with Crippen LogP contribution >= 0.6 is 0 Å². The summed E-state index contributed by atoms with van der Waals surface area (Å²) >= 11 is 0. The Morgan fingerprint density at radius 3 is 1.86 bits per heavy atom. The monoisotopic (exact) mass is 570 g/mol. The zero-order valence-corrected chi connectivity index (χ0v) is 24.5. The number of ketones is 1. The molecule has 2 aliphatic heterocycles. The molecule has 2 bridgehead atoms. The van der Waals surface area contributed by atoms with Crippen LogP contribution in [-0.2, 0) is 22.4 Å². The van der Waals surface area contributed by atoms with E-state index < -0.39 is 17.7 Å². The molecule has 8 heteroatoms. The van der Waals surface area contributed by atoms with Gasteiger partial charge in [-0.05, 0) is 61.8 Å². The Morgan fingerprint density at radius 1 is 0.810 bits per heavy atom. The number of amides is 2. The number of fused-ring (bicyclic) bond motifs is 2. The lowest BCUT2D eigenvalue weighted by Crippen LogP contribution is -2.62. The molecule has 0 spiro atoms. The molecule has 42 heavy (non-hydrogen) atoms. The summed E-state index contributed by atoms with van der Waals surface area (Å²) in [7, 11) is 4.39. The van der Waals surface area contributed by atoms with Crippen LogP contribution in [0.3, 0.4) is 0 Å². The van der Waals surface area contributed by atoms with Crippen molar-refractivity contribution < 1.29 is 28.6 Å². The molecule has 8 nitrogen and oxygen atoms in total. The van der Waals surface area contributed by atoms with Crippen molar-refractivity contribution in [1.29, 1.82) is 0 Å². The van der Waals surface area contributed by atoms with Crippen molar-refractivity contribution in [1.82, 2.24) is 9.80 Å². The lowest BCUT2D eigenvalue weighted by Gasteiger charge is -2.43. The molecular weight excluding hydrogens is 532 g/mol. The van der Waals surface area contributed by atoms with Crippen LogP contribution in [0.4, 0.5) is 0 Å². The number of piperazine rings is 1. The maximum atomic E-state index is 14.0. The Hall–Kier alpha value is -4.33. The van der Waals surface area contributed by atoms with Gasteiger partial charge in [-0.2, -0.15) is 0 Å². The molecule has 2 amide bonds. The van der Waals surface area contributed by atoms with E-state index in [1.54, 1.807) is 0 Å². The van der Waals surface area contributed by atoms with Crippen molar-refractivity contribution in [2.24, 2.45) is 0 Å². The van der Waals surface area contributed by atoms with Crippen LogP contribution in [0.25, 0.3) is 0 Å². The average Bonchev–Trinajstić information content (AvgIpc) is 3.38. The molecule has 0 aliphatic carbocycles. The number of carbonyl (C=O) groups excluding carboxylic acids is 3. The third-order valence-corrected chi connectivity index (χ3v) is 8.49. The summed E-state index contributed by atoms with van der Waals surface area (Å²) in [6.07, 6.45) is 4.63. The molecule has 0 radical (unpaired) electrons. The van der Waals surface area contributed by atoms with Crippen LogP contribution in [-0.4, -0.2) is 73.4 Å². The Morgan fingerprint density at radius 2 is 1.36 bits per heavy atom. The summed E-state index contributed by atoms with van der Waals surface area (Å²) in [6.45, 7) is 0.428. The van der Waals surface area contributed by atoms with E-state index in [9.17, 15) is 14.4 Å². The number of nitrogens with zero attached hydrogens (tertiary/aromatic N) is 2. The van der Waals surface area contributed by atoms with Crippen LogP contribution in [0.1, 0.15) is 47.2 Å². The first-order chi connectivity index (χ1) is 20.4. The number of carbonyl (C=O) groups is 3. The highest BCUT2D eigenvalue weighted by molar-refractivity contribution is 6.43. The number of likely N-dealkylation sites (tertiary alicyclic amines) is 1. The molecule has 3 aromatic carbocycles. The molecule has 3 aromatic rings. The van der Waals surface area contributed by atoms with Crippen molar-refractivity contribution in [3.63, 3.8) is 0 Å². The maximum Gasteiger partial charge on any atom is 0.295 e. The number of methoxy groups -OCH3 is 3. The fourth-order valence-electron chi connectivity index (χ4n) is 6.31. The van der Waals surface area contributed by atoms with Gasteiger partial charge in [0.2, 0.25) is 11.7 Å². The predicted molar refractivity (Wildman–Crippen MR) is 159 cm³/mol. The van der Waals surface area contributed by atoms with E-state index in [1.165, 1.54) is 49.5 Å². The topological polar surface area (TPSA) is 85.4 Å². The molecule has 0 N–H and O–H groups in total. The summed E-state index contributed by atoms with van der Waals surface area (Å²) in [4.78, 5) is 44.6. The molecule has 0 unspecified atom stereocenters. The Labute approximate surface area is 247 Å². The second-order valence-corrected chi connectivity index (χ2v) is 10.9. The SMILES string of the molecule is COc1cc(C(=O)C(=O)N2[C@@H]3CC[C@H]2C(=O)N(C(CCc2ccccc2)CCc2ccccc2)C3)cc(OC)c1OC. The van der Waals surface area contributed by atoms with Gasteiger partial charge in [0.25, 0.3) is 11.7 Å². The minimum absolute atomic E-state index is 0.0316. The third-order valence-electron chi connectivity index (χ3n) is 8.49. The first kappa shape index (κ1) is 29.2. The quantitative estimate of drug-likeness (QED) is 0.231. The highest BCUT2D eigenvalue weighted by Crippen LogP contribution is 2.39. The normalized spacial score (nSPS) is 17.9. The Bertz CT molecular complexity index is 1340. The van der Waals surface area contributed by atoms with E-state index in [0.29, 0.717) is 25.1 Å². The zero-order valence-electron chi connectivity index (χ0n) is 24.5. The summed E-state index contributed by atoms with van der Waals surface area (Å²) in [5.74, 6) is -0.522. The molecule has 2 aliphatic rings. The summed E-state index contributed by atoms with van der Waals surface area (Å²) < 4.78 is 16.1. The minimum atomic E-state index is -0.697. The van der Waals surface area contributed by atoms with Gasteiger partial charge in [-0.3, -0.25) is 14.4 Å². The van der Waals surface area contributed by atoms with Gasteiger partial charge in [0.05, 0.1) is 27.4 Å². The van der Waals surface area contributed by atoms with Crippen LogP contribution in [0, 0.1) is 0 Å². The van der Waals surface area contributed by atoms with Gasteiger partial charge < -0.3 is 24.0 Å². The largest absolute Gasteiger partial charge is 0.493 e. The van der Waals surface area contributed by atoms with E-state index in [-0.39, 0.29) is 35.1 Å². The number of aryl methyl sites for hydroxylation is 2. The second-order valence-electron chi connectivity index (χ2n) is 10.9. The van der Waals surface area contributed by atoms with E-state index in [1.807, 2.05) is 41.3 Å². The van der Waals surface area contributed by atoms with E-state index >= 15 is 0 Å². The molecule has 2 atom stereocenters. The minimum Gasteiger partial charge on any atom is -0.493 e. The lowest BCUT2D eigenvalue weighted by molar-refractivity contribution is -0.151. The van der Waals surface area contributed by atoms with Gasteiger partial charge in [0, 0.05) is 18.2 Å². The predicted octanol–water partition coefficient (Wildman–Crippen LogP) is 4.73. The van der Waals surface area contributed by atoms with Crippen LogP contribution in [0.2, 0.25) is 0 Å². The summed E-state index contributed by atoms with van der Waals surface area (Å²) in [5.41, 5.74) is 2.61. The highest BCUT2D eigenvalue weighted by Gasteiger charge is 2.50. The van der Waals surface area contributed by atoms with Gasteiger partial charge >= 0.3 is 0 Å². The zero-order chi connectivity index (χ0) is 29.6. The van der Waals surface area contributed by atoms with Crippen molar-refractivity contribution >= 4 is 17.6 Å². The standard InChI is InChI=1S/C34H38N2O6/c1-40-29-20-25(21-30(41-2)32(29)42-3)31(37)34(39)36-27-18-19-28(36)33(38)35(22-27)26(16-14-23-10-6-4-7-11-23)17-15-24-12-8-5-9-13-24/h4-13,20-21,26-28H,14-19,22H2,1-3H3/t27-,28+/m1/s1. The average molecular weight is 571 g/mol. The van der Waals surface area contributed by atoms with Crippen LogP contribution in [0.15, 0.2) is 72.8 Å². The molecule has 0 saturated carbocycles. The molecule has 2 saturated heterocycles. The van der Waals surface area contributed by atoms with Gasteiger partial charge in [-0.25, -0.2) is 0 Å². The van der Waals surface area contributed by atoms with Gasteiger partial charge in [-0.1, -0.05) is 60.7 Å². The van der Waals surface area contributed by atoms with E-state index in [0.717, 1.165) is 25.7 Å². The summed E-state index contributed by atoms with van der Waals surface area (Å²) in [5, 5.41) is 0. The van der Waals surface area contributed by atoms with Crippen molar-refractivity contribution in [3.05, 3.63) is 89.5 Å². The van der Waals surface area contributed by atoms with Crippen molar-refractivity contribution in [2.45, 2.75) is 56.7 Å². The van der Waals surface area contributed by atoms with E-state index in [4.69, 9.17) is 14.2 Å². The number of hydrogen-bond acceptors (Lipinski definition) is 6. The second kappa shape index (κ2) is 13.1. The molecule has 0 aromatic heterocycles.